The molecule has 0 aliphatic carbocycles. The van der Waals surface area contributed by atoms with E-state index in [1.807, 2.05) is 0 Å². The number of aliphatic hydroxyl groups is 9. The summed E-state index contributed by atoms with van der Waals surface area (Å²) >= 11 is 0. The second-order valence-corrected chi connectivity index (χ2v) is 13.4. The van der Waals surface area contributed by atoms with Gasteiger partial charge in [0.1, 0.15) is 90.0 Å². The van der Waals surface area contributed by atoms with Crippen LogP contribution >= 0.6 is 0 Å². The Labute approximate surface area is 306 Å². The molecule has 0 radical (unpaired) electrons. The first-order valence-electron chi connectivity index (χ1n) is 17.0. The lowest BCUT2D eigenvalue weighted by Gasteiger charge is -2.46. The van der Waals surface area contributed by atoms with Crippen molar-refractivity contribution in [3.05, 3.63) is 41.5 Å². The second kappa shape index (κ2) is 16.3. The largest absolute Gasteiger partial charge is 0.507 e. The molecule has 3 fully saturated rings. The number of aromatic hydroxyl groups is 2. The van der Waals surface area contributed by atoms with E-state index in [0.717, 1.165) is 6.07 Å². The smallest absolute Gasteiger partial charge is 0.229 e. The maximum Gasteiger partial charge on any atom is 0.229 e. The van der Waals surface area contributed by atoms with Crippen molar-refractivity contribution < 1.29 is 98.9 Å². The molecule has 6 rings (SSSR count). The predicted molar refractivity (Wildman–Crippen MR) is 173 cm³/mol. The monoisotopic (exact) mass is 772 g/mol. The molecule has 11 N–H and O–H groups in total. The molecule has 4 heterocycles. The van der Waals surface area contributed by atoms with Gasteiger partial charge in [0.05, 0.1) is 32.8 Å². The molecule has 3 saturated heterocycles. The van der Waals surface area contributed by atoms with Gasteiger partial charge in [-0.2, -0.15) is 0 Å². The van der Waals surface area contributed by atoms with Gasteiger partial charge in [-0.25, -0.2) is 0 Å². The Morgan fingerprint density at radius 2 is 1.41 bits per heavy atom. The average Bonchev–Trinajstić information content (AvgIpc) is 3.14. The van der Waals surface area contributed by atoms with E-state index in [-0.39, 0.29) is 35.0 Å². The summed E-state index contributed by atoms with van der Waals surface area (Å²) in [5, 5.41) is 115. The van der Waals surface area contributed by atoms with E-state index in [2.05, 4.69) is 0 Å². The van der Waals surface area contributed by atoms with Crippen molar-refractivity contribution in [3.8, 4) is 28.7 Å². The summed E-state index contributed by atoms with van der Waals surface area (Å²) in [6.07, 6.45) is -26.1. The normalized spacial score (nSPS) is 39.7. The predicted octanol–water partition coefficient (Wildman–Crippen LogP) is -3.33. The summed E-state index contributed by atoms with van der Waals surface area (Å²) in [5.41, 5.74) is 0.231. The maximum absolute atomic E-state index is 13.2. The van der Waals surface area contributed by atoms with E-state index < -0.39 is 123 Å². The summed E-state index contributed by atoms with van der Waals surface area (Å²) in [6, 6.07) is 6.67. The standard InChI is InChI=1S/C34H44O20/c1-11-23(39)26(42)29(45)32(49-11)48-10-21-25(41)28(44)31(54-33-30(46)27(43)24(40)20(9-35)52-33)34(53-21)50-13-6-15(37)22-16(38)8-18(51-19(22)7-13)12-3-4-17(47-2)14(36)5-12/h3-7,11,18,20-21,23-37,39-46H,8-10H2,1-2H3/t11?,18?,20?,21?,23-,24+,25+,26?,27-,28-,29-,30?,31?,32+,33-,34+/m0/s1. The van der Waals surface area contributed by atoms with Crippen molar-refractivity contribution in [2.24, 2.45) is 0 Å². The van der Waals surface area contributed by atoms with Crippen LogP contribution in [0.1, 0.15) is 35.4 Å². The summed E-state index contributed by atoms with van der Waals surface area (Å²) in [4.78, 5) is 13.2. The van der Waals surface area contributed by atoms with E-state index >= 15 is 0 Å². The summed E-state index contributed by atoms with van der Waals surface area (Å²) in [7, 11) is 1.37. The lowest BCUT2D eigenvalue weighted by Crippen LogP contribution is -2.65. The van der Waals surface area contributed by atoms with Gasteiger partial charge in [0.2, 0.25) is 6.29 Å². The fourth-order valence-corrected chi connectivity index (χ4v) is 6.67. The lowest BCUT2D eigenvalue weighted by atomic mass is 9.95. The quantitative estimate of drug-likeness (QED) is 0.112. The number of rotatable bonds is 10. The first-order chi connectivity index (χ1) is 25.6. The molecular weight excluding hydrogens is 728 g/mol. The third kappa shape index (κ3) is 7.81. The fourth-order valence-electron chi connectivity index (χ4n) is 6.67. The van der Waals surface area contributed by atoms with Crippen molar-refractivity contribution >= 4 is 5.78 Å². The molecule has 54 heavy (non-hydrogen) atoms. The number of Topliss-reactive ketones (excluding diaryl/α,β-unsaturated/α-hetero) is 1. The van der Waals surface area contributed by atoms with Crippen LogP contribution in [-0.2, 0) is 23.7 Å². The number of carbonyl (C=O) groups is 1. The molecule has 0 amide bonds. The molecule has 0 bridgehead atoms. The van der Waals surface area contributed by atoms with Crippen LogP contribution in [0.2, 0.25) is 0 Å². The molecule has 2 aromatic carbocycles. The van der Waals surface area contributed by atoms with Gasteiger partial charge in [-0.05, 0) is 24.6 Å². The van der Waals surface area contributed by atoms with Crippen molar-refractivity contribution in [3.63, 3.8) is 0 Å². The Balaban J connectivity index is 1.27. The fraction of sp³-hybridized carbons (Fsp3) is 0.618. The van der Waals surface area contributed by atoms with E-state index in [0.29, 0.717) is 5.56 Å². The van der Waals surface area contributed by atoms with Crippen LogP contribution in [0.5, 0.6) is 28.7 Å². The van der Waals surface area contributed by atoms with Gasteiger partial charge in [0.15, 0.2) is 36.0 Å². The summed E-state index contributed by atoms with van der Waals surface area (Å²) in [5.74, 6) is -1.46. The van der Waals surface area contributed by atoms with E-state index in [4.69, 9.17) is 37.9 Å². The number of methoxy groups -OCH3 is 1. The topological polar surface area (TPSA) is 313 Å². The van der Waals surface area contributed by atoms with Crippen molar-refractivity contribution in [1.82, 2.24) is 0 Å². The van der Waals surface area contributed by atoms with Crippen LogP contribution in [0, 0.1) is 0 Å². The summed E-state index contributed by atoms with van der Waals surface area (Å²) < 4.78 is 45.2. The van der Waals surface area contributed by atoms with Gasteiger partial charge < -0.3 is 94.1 Å². The minimum absolute atomic E-state index is 0.137. The minimum Gasteiger partial charge on any atom is -0.507 e. The van der Waals surface area contributed by atoms with Gasteiger partial charge in [-0.15, -0.1) is 0 Å². The Morgan fingerprint density at radius 1 is 0.741 bits per heavy atom. The zero-order valence-corrected chi connectivity index (χ0v) is 28.8. The van der Waals surface area contributed by atoms with E-state index in [1.165, 1.54) is 32.2 Å². The van der Waals surface area contributed by atoms with Crippen LogP contribution in [0.4, 0.5) is 0 Å². The molecule has 0 aromatic heterocycles. The number of carbonyl (C=O) groups excluding carboxylic acids is 1. The Morgan fingerprint density at radius 3 is 2.09 bits per heavy atom. The van der Waals surface area contributed by atoms with E-state index in [1.54, 1.807) is 6.07 Å². The van der Waals surface area contributed by atoms with Gasteiger partial charge in [-0.1, -0.05) is 6.07 Å². The third-order valence-electron chi connectivity index (χ3n) is 9.82. The molecule has 20 heteroatoms. The molecular formula is C34H44O20. The molecule has 0 spiro atoms. The number of phenolic OH excluding ortho intramolecular Hbond substituents is 2. The second-order valence-electron chi connectivity index (χ2n) is 13.4. The molecule has 4 aliphatic heterocycles. The molecule has 7 unspecified atom stereocenters. The number of aliphatic hydroxyl groups excluding tert-OH is 9. The third-order valence-corrected chi connectivity index (χ3v) is 9.82. The Kier molecular flexibility index (Phi) is 12.2. The van der Waals surface area contributed by atoms with Gasteiger partial charge in [0, 0.05) is 12.1 Å². The zero-order valence-electron chi connectivity index (χ0n) is 28.8. The highest BCUT2D eigenvalue weighted by Gasteiger charge is 2.52. The highest BCUT2D eigenvalue weighted by Crippen LogP contribution is 2.44. The minimum atomic E-state index is -1.95. The summed E-state index contributed by atoms with van der Waals surface area (Å²) in [6.45, 7) is -0.00320. The molecule has 2 aromatic rings. The number of ketones is 1. The van der Waals surface area contributed by atoms with E-state index in [9.17, 15) is 61.0 Å². The van der Waals surface area contributed by atoms with Crippen LogP contribution in [0.3, 0.4) is 0 Å². The van der Waals surface area contributed by atoms with Crippen LogP contribution in [-0.4, -0.2) is 174 Å². The van der Waals surface area contributed by atoms with Crippen molar-refractivity contribution in [2.45, 2.75) is 112 Å². The average molecular weight is 773 g/mol. The number of hydrogen-bond donors (Lipinski definition) is 11. The lowest BCUT2D eigenvalue weighted by molar-refractivity contribution is -0.362. The SMILES string of the molecule is COc1ccc(C2CC(=O)c3c(O)cc(O[C@@H]4OC(CO[C@@H]5OC(C)[C@H](O)C(O)[C@@H]5O)[C@@H](O)[C@H](O)C4O[C@@H]4OC(CO)[C@@H](O)[C@H](O)C4O)cc3O2)cc1O. The highest BCUT2D eigenvalue weighted by atomic mass is 16.8. The molecule has 300 valence electrons. The van der Waals surface area contributed by atoms with Crippen LogP contribution < -0.4 is 14.2 Å². The number of hydrogen-bond acceptors (Lipinski definition) is 20. The van der Waals surface area contributed by atoms with Gasteiger partial charge in [0.25, 0.3) is 0 Å². The number of fused-ring (bicyclic) bond motifs is 1. The number of ether oxygens (including phenoxy) is 8. The Bertz CT molecular complexity index is 1620. The number of benzene rings is 2. The maximum atomic E-state index is 13.2. The first kappa shape index (κ1) is 40.2. The first-order valence-corrected chi connectivity index (χ1v) is 17.0. The molecule has 0 saturated carbocycles. The van der Waals surface area contributed by atoms with Crippen LogP contribution in [0.15, 0.2) is 30.3 Å². The molecule has 16 atom stereocenters. The van der Waals surface area contributed by atoms with Gasteiger partial charge >= 0.3 is 0 Å². The molecule has 20 nitrogen and oxygen atoms in total. The van der Waals surface area contributed by atoms with Crippen molar-refractivity contribution in [2.75, 3.05) is 20.3 Å². The number of phenols is 2. The Hall–Kier alpha value is -3.45. The zero-order chi connectivity index (χ0) is 39.2. The highest BCUT2D eigenvalue weighted by molar-refractivity contribution is 6.02. The van der Waals surface area contributed by atoms with Crippen molar-refractivity contribution in [1.29, 1.82) is 0 Å². The molecule has 4 aliphatic rings. The van der Waals surface area contributed by atoms with Gasteiger partial charge in [-0.3, -0.25) is 4.79 Å². The van der Waals surface area contributed by atoms with Crippen LogP contribution in [0.25, 0.3) is 0 Å².